The lowest BCUT2D eigenvalue weighted by atomic mass is 10.2. The van der Waals surface area contributed by atoms with Crippen LogP contribution in [0.5, 0.6) is 11.5 Å². The average Bonchev–Trinajstić information content (AvgIpc) is 3.19. The monoisotopic (exact) mass is 392 g/mol. The molecule has 7 nitrogen and oxygen atoms in total. The van der Waals surface area contributed by atoms with E-state index >= 15 is 0 Å². The molecule has 0 spiro atoms. The van der Waals surface area contributed by atoms with E-state index in [0.717, 1.165) is 17.5 Å². The first-order valence-electron chi connectivity index (χ1n) is 9.40. The van der Waals surface area contributed by atoms with E-state index in [-0.39, 0.29) is 5.91 Å². The Hall–Kier alpha value is -3.61. The van der Waals surface area contributed by atoms with Crippen LogP contribution in [0, 0.1) is 0 Å². The molecule has 0 unspecified atom stereocenters. The maximum atomic E-state index is 12.3. The fourth-order valence-electron chi connectivity index (χ4n) is 2.67. The van der Waals surface area contributed by atoms with Gasteiger partial charge in [-0.1, -0.05) is 37.3 Å². The van der Waals surface area contributed by atoms with Crippen LogP contribution in [0.3, 0.4) is 0 Å². The number of aromatic nitrogens is 2. The second kappa shape index (κ2) is 10.1. The Labute approximate surface area is 170 Å². The predicted octanol–water partition coefficient (Wildman–Crippen LogP) is 3.49. The van der Waals surface area contributed by atoms with Crippen LogP contribution in [-0.4, -0.2) is 35.6 Å². The van der Waals surface area contributed by atoms with Crippen LogP contribution in [-0.2, 0) is 6.54 Å². The van der Waals surface area contributed by atoms with Crippen LogP contribution < -0.4 is 14.9 Å². The first-order chi connectivity index (χ1) is 14.2. The number of hydrogen-bond donors (Lipinski definition) is 1. The first kappa shape index (κ1) is 20.1. The van der Waals surface area contributed by atoms with Crippen molar-refractivity contribution in [3.8, 4) is 11.5 Å². The standard InChI is InChI=1S/C22H24N4O3/c1-3-11-29-20-10-9-19(12-21(20)28-2)22(27)25-23-13-18-14-24-26(16-18)15-17-7-5-4-6-8-17/h4-10,12-14,16H,3,11,15H2,1-2H3,(H,25,27)/b23-13-. The molecule has 0 aliphatic rings. The van der Waals surface area contributed by atoms with Crippen LogP contribution in [0.25, 0.3) is 0 Å². The summed E-state index contributed by atoms with van der Waals surface area (Å²) >= 11 is 0. The van der Waals surface area contributed by atoms with Crippen molar-refractivity contribution in [2.24, 2.45) is 5.10 Å². The number of rotatable bonds is 9. The van der Waals surface area contributed by atoms with Crippen molar-refractivity contribution >= 4 is 12.1 Å². The van der Waals surface area contributed by atoms with Crippen molar-refractivity contribution in [1.82, 2.24) is 15.2 Å². The van der Waals surface area contributed by atoms with Crippen molar-refractivity contribution in [1.29, 1.82) is 0 Å². The van der Waals surface area contributed by atoms with Gasteiger partial charge in [-0.3, -0.25) is 9.48 Å². The minimum Gasteiger partial charge on any atom is -0.493 e. The number of hydrazone groups is 1. The maximum absolute atomic E-state index is 12.3. The van der Waals surface area contributed by atoms with Crippen molar-refractivity contribution in [2.75, 3.05) is 13.7 Å². The number of amides is 1. The molecule has 1 amide bonds. The largest absolute Gasteiger partial charge is 0.493 e. The second-order valence-corrected chi connectivity index (χ2v) is 6.37. The molecule has 0 aliphatic carbocycles. The number of nitrogens with zero attached hydrogens (tertiary/aromatic N) is 3. The molecule has 150 valence electrons. The summed E-state index contributed by atoms with van der Waals surface area (Å²) < 4.78 is 12.7. The fourth-order valence-corrected chi connectivity index (χ4v) is 2.67. The number of methoxy groups -OCH3 is 1. The summed E-state index contributed by atoms with van der Waals surface area (Å²) in [6, 6.07) is 15.1. The van der Waals surface area contributed by atoms with Gasteiger partial charge in [0, 0.05) is 17.3 Å². The Kier molecular flexibility index (Phi) is 7.00. The van der Waals surface area contributed by atoms with E-state index in [4.69, 9.17) is 9.47 Å². The third-order valence-electron chi connectivity index (χ3n) is 4.11. The highest BCUT2D eigenvalue weighted by molar-refractivity contribution is 5.95. The highest BCUT2D eigenvalue weighted by Crippen LogP contribution is 2.28. The zero-order valence-corrected chi connectivity index (χ0v) is 16.5. The van der Waals surface area contributed by atoms with Crippen LogP contribution in [0.15, 0.2) is 66.0 Å². The SMILES string of the molecule is CCCOc1ccc(C(=O)N/N=C\c2cnn(Cc3ccccc3)c2)cc1OC. The molecule has 0 atom stereocenters. The number of carbonyl (C=O) groups is 1. The van der Waals surface area contributed by atoms with Gasteiger partial charge in [-0.25, -0.2) is 5.43 Å². The van der Waals surface area contributed by atoms with Crippen molar-refractivity contribution in [3.63, 3.8) is 0 Å². The summed E-state index contributed by atoms with van der Waals surface area (Å²) in [5.41, 5.74) is 4.90. The molecule has 3 rings (SSSR count). The molecular formula is C22H24N4O3. The maximum Gasteiger partial charge on any atom is 0.271 e. The van der Waals surface area contributed by atoms with Gasteiger partial charge in [0.2, 0.25) is 0 Å². The number of ether oxygens (including phenoxy) is 2. The fraction of sp³-hybridized carbons (Fsp3) is 0.227. The molecule has 0 saturated heterocycles. The summed E-state index contributed by atoms with van der Waals surface area (Å²) in [5, 5.41) is 8.32. The van der Waals surface area contributed by atoms with Gasteiger partial charge >= 0.3 is 0 Å². The van der Waals surface area contributed by atoms with E-state index in [1.807, 2.05) is 48.1 Å². The Morgan fingerprint density at radius 1 is 1.21 bits per heavy atom. The predicted molar refractivity (Wildman–Crippen MR) is 112 cm³/mol. The van der Waals surface area contributed by atoms with Gasteiger partial charge in [0.25, 0.3) is 5.91 Å². The van der Waals surface area contributed by atoms with Crippen molar-refractivity contribution in [3.05, 3.63) is 77.6 Å². The Morgan fingerprint density at radius 2 is 2.03 bits per heavy atom. The Bertz CT molecular complexity index is 967. The minimum absolute atomic E-state index is 0.335. The van der Waals surface area contributed by atoms with Crippen LogP contribution >= 0.6 is 0 Å². The molecule has 0 fully saturated rings. The Balaban J connectivity index is 1.58. The Morgan fingerprint density at radius 3 is 2.79 bits per heavy atom. The zero-order chi connectivity index (χ0) is 20.5. The van der Waals surface area contributed by atoms with Gasteiger partial charge in [-0.2, -0.15) is 10.2 Å². The van der Waals surface area contributed by atoms with E-state index in [1.165, 1.54) is 0 Å². The third-order valence-corrected chi connectivity index (χ3v) is 4.11. The third kappa shape index (κ3) is 5.68. The number of hydrogen-bond acceptors (Lipinski definition) is 5. The van der Waals surface area contributed by atoms with Crippen LogP contribution in [0.1, 0.15) is 34.8 Å². The summed E-state index contributed by atoms with van der Waals surface area (Å²) in [6.45, 7) is 3.29. The molecule has 0 radical (unpaired) electrons. The van der Waals surface area contributed by atoms with E-state index in [0.29, 0.717) is 30.2 Å². The molecular weight excluding hydrogens is 368 g/mol. The quantitative estimate of drug-likeness (QED) is 0.447. The molecule has 0 aliphatic heterocycles. The number of benzene rings is 2. The number of nitrogens with one attached hydrogen (secondary N) is 1. The minimum atomic E-state index is -0.335. The summed E-state index contributed by atoms with van der Waals surface area (Å²) in [5.74, 6) is 0.788. The second-order valence-electron chi connectivity index (χ2n) is 6.37. The van der Waals surface area contributed by atoms with Crippen LogP contribution in [0.2, 0.25) is 0 Å². The van der Waals surface area contributed by atoms with E-state index < -0.39 is 0 Å². The molecule has 0 saturated carbocycles. The van der Waals surface area contributed by atoms with Crippen molar-refractivity contribution < 1.29 is 14.3 Å². The topological polar surface area (TPSA) is 77.7 Å². The molecule has 1 aromatic heterocycles. The molecule has 7 heteroatoms. The average molecular weight is 392 g/mol. The van der Waals surface area contributed by atoms with E-state index in [9.17, 15) is 4.79 Å². The van der Waals surface area contributed by atoms with Gasteiger partial charge < -0.3 is 9.47 Å². The summed E-state index contributed by atoms with van der Waals surface area (Å²) in [6.07, 6.45) is 6.01. The lowest BCUT2D eigenvalue weighted by Crippen LogP contribution is -2.17. The molecule has 1 heterocycles. The van der Waals surface area contributed by atoms with Gasteiger partial charge in [0.05, 0.1) is 32.7 Å². The normalized spacial score (nSPS) is 10.8. The molecule has 29 heavy (non-hydrogen) atoms. The molecule has 3 aromatic rings. The van der Waals surface area contributed by atoms with Gasteiger partial charge in [0.1, 0.15) is 0 Å². The van der Waals surface area contributed by atoms with Gasteiger partial charge in [-0.15, -0.1) is 0 Å². The summed E-state index contributed by atoms with van der Waals surface area (Å²) in [7, 11) is 1.54. The van der Waals surface area contributed by atoms with E-state index in [2.05, 4.69) is 15.6 Å². The zero-order valence-electron chi connectivity index (χ0n) is 16.5. The molecule has 1 N–H and O–H groups in total. The van der Waals surface area contributed by atoms with E-state index in [1.54, 1.807) is 37.7 Å². The number of carbonyl (C=O) groups excluding carboxylic acids is 1. The first-order valence-corrected chi connectivity index (χ1v) is 9.40. The van der Waals surface area contributed by atoms with Gasteiger partial charge in [-0.05, 0) is 30.2 Å². The highest BCUT2D eigenvalue weighted by atomic mass is 16.5. The highest BCUT2D eigenvalue weighted by Gasteiger charge is 2.10. The lowest BCUT2D eigenvalue weighted by molar-refractivity contribution is 0.0954. The lowest BCUT2D eigenvalue weighted by Gasteiger charge is -2.11. The van der Waals surface area contributed by atoms with Crippen LogP contribution in [0.4, 0.5) is 0 Å². The smallest absolute Gasteiger partial charge is 0.271 e. The summed E-state index contributed by atoms with van der Waals surface area (Å²) in [4.78, 5) is 12.3. The molecule has 2 aromatic carbocycles. The molecule has 0 bridgehead atoms. The van der Waals surface area contributed by atoms with Crippen molar-refractivity contribution in [2.45, 2.75) is 19.9 Å². The van der Waals surface area contributed by atoms with Gasteiger partial charge in [0.15, 0.2) is 11.5 Å².